The van der Waals surface area contributed by atoms with Crippen LogP contribution in [0.15, 0.2) is 41.5 Å². The van der Waals surface area contributed by atoms with E-state index < -0.39 is 23.4 Å². The van der Waals surface area contributed by atoms with Crippen molar-refractivity contribution in [2.45, 2.75) is 19.6 Å². The summed E-state index contributed by atoms with van der Waals surface area (Å²) in [7, 11) is 2.87. The van der Waals surface area contributed by atoms with Gasteiger partial charge in [-0.2, -0.15) is 0 Å². The van der Waals surface area contributed by atoms with Crippen LogP contribution < -0.4 is 5.32 Å². The number of aliphatic hydroxyl groups excluding tert-OH is 1. The number of benzene rings is 2. The van der Waals surface area contributed by atoms with Gasteiger partial charge in [0.1, 0.15) is 12.4 Å². The zero-order valence-electron chi connectivity index (χ0n) is 17.7. The van der Waals surface area contributed by atoms with Crippen molar-refractivity contribution in [2.24, 2.45) is 5.11 Å². The number of carbonyl (C=O) groups is 2. The van der Waals surface area contributed by atoms with Crippen molar-refractivity contribution in [2.75, 3.05) is 18.1 Å². The lowest BCUT2D eigenvalue weighted by molar-refractivity contribution is -0.385. The minimum atomic E-state index is -0.600. The molecule has 14 heteroatoms. The smallest absolute Gasteiger partial charge is 0.306 e. The molecule has 34 heavy (non-hydrogen) atoms. The molecule has 0 unspecified atom stereocenters. The Morgan fingerprint density at radius 2 is 1.97 bits per heavy atom. The fourth-order valence-electron chi connectivity index (χ4n) is 2.61. The van der Waals surface area contributed by atoms with Gasteiger partial charge in [-0.3, -0.25) is 19.7 Å². The normalized spacial score (nSPS) is 10.3. The van der Waals surface area contributed by atoms with Gasteiger partial charge in [-0.25, -0.2) is 0 Å². The number of aliphatic hydroxyl groups is 1. The van der Waals surface area contributed by atoms with Crippen LogP contribution in [-0.4, -0.2) is 45.1 Å². The Kier molecular flexibility index (Phi) is 11.0. The summed E-state index contributed by atoms with van der Waals surface area (Å²) in [5, 5.41) is 36.0. The fraction of sp³-hybridized carbons (Fsp3) is 0.300. The van der Waals surface area contributed by atoms with Gasteiger partial charge in [-0.1, -0.05) is 38.8 Å². The molecule has 3 N–H and O–H groups in total. The van der Waals surface area contributed by atoms with Crippen LogP contribution >= 0.6 is 21.6 Å². The van der Waals surface area contributed by atoms with Crippen molar-refractivity contribution in [1.82, 2.24) is 5.32 Å². The first-order valence-electron chi connectivity index (χ1n) is 9.79. The van der Waals surface area contributed by atoms with Crippen molar-refractivity contribution in [1.29, 1.82) is 0 Å². The summed E-state index contributed by atoms with van der Waals surface area (Å²) in [6.07, 6.45) is 0.145. The van der Waals surface area contributed by atoms with Crippen LogP contribution in [-0.2, 0) is 22.7 Å². The summed E-state index contributed by atoms with van der Waals surface area (Å²) in [5.74, 6) is -0.171. The van der Waals surface area contributed by atoms with E-state index in [4.69, 9.17) is 15.4 Å². The molecule has 0 aliphatic rings. The topological polar surface area (TPSA) is 188 Å². The van der Waals surface area contributed by atoms with Crippen molar-refractivity contribution in [3.05, 3.63) is 73.6 Å². The molecule has 180 valence electrons. The number of phenolic OH excluding ortho intramolecular Hbond substituents is 1. The Morgan fingerprint density at radius 1 is 1.21 bits per heavy atom. The quantitative estimate of drug-likeness (QED) is 0.0526. The third-order valence-corrected chi connectivity index (χ3v) is 6.65. The van der Waals surface area contributed by atoms with Gasteiger partial charge in [0.25, 0.3) is 11.6 Å². The molecular formula is C20H21N5O7S2. The van der Waals surface area contributed by atoms with Crippen LogP contribution in [0, 0.1) is 10.1 Å². The summed E-state index contributed by atoms with van der Waals surface area (Å²) >= 11 is 0. The number of nitro benzene ring substituents is 1. The third-order valence-electron chi connectivity index (χ3n) is 4.25. The Balaban J connectivity index is 1.62. The Bertz CT molecular complexity index is 1090. The van der Waals surface area contributed by atoms with E-state index in [0.717, 1.165) is 0 Å². The number of amides is 1. The number of azide groups is 1. The van der Waals surface area contributed by atoms with Crippen LogP contribution in [0.4, 0.5) is 11.4 Å². The van der Waals surface area contributed by atoms with Crippen LogP contribution in [0.5, 0.6) is 5.75 Å². The standard InChI is InChI=1S/C20H21N5O7S2/c21-24-23-15-3-4-16(18(27)10-15)20(29)22-6-8-34-33-7-5-19(28)32-12-13-1-2-14(11-26)17(9-13)25(30)31/h1-4,9-10,26-27H,5-8,11-12H2,(H,22,29). The second-order valence-electron chi connectivity index (χ2n) is 6.58. The van der Waals surface area contributed by atoms with E-state index in [1.54, 1.807) is 6.07 Å². The summed E-state index contributed by atoms with van der Waals surface area (Å²) in [4.78, 5) is 37.0. The molecule has 2 rings (SSSR count). The van der Waals surface area contributed by atoms with Gasteiger partial charge in [0.2, 0.25) is 0 Å². The molecule has 0 fully saturated rings. The van der Waals surface area contributed by atoms with Gasteiger partial charge in [-0.15, -0.1) is 0 Å². The van der Waals surface area contributed by atoms with Gasteiger partial charge in [-0.05, 0) is 29.3 Å². The number of nitrogens with one attached hydrogen (secondary N) is 1. The van der Waals surface area contributed by atoms with E-state index in [2.05, 4.69) is 15.3 Å². The second kappa shape index (κ2) is 14.0. The molecule has 0 heterocycles. The molecule has 12 nitrogen and oxygen atoms in total. The monoisotopic (exact) mass is 507 g/mol. The summed E-state index contributed by atoms with van der Waals surface area (Å²) < 4.78 is 5.13. The number of hydrogen-bond acceptors (Lipinski definition) is 10. The zero-order chi connectivity index (χ0) is 24.9. The van der Waals surface area contributed by atoms with Gasteiger partial charge in [0, 0.05) is 34.7 Å². The maximum atomic E-state index is 12.1. The molecule has 0 aliphatic heterocycles. The van der Waals surface area contributed by atoms with E-state index in [1.165, 1.54) is 51.9 Å². The van der Waals surface area contributed by atoms with Crippen LogP contribution in [0.1, 0.15) is 27.9 Å². The van der Waals surface area contributed by atoms with Gasteiger partial charge in [0.05, 0.1) is 29.1 Å². The first-order chi connectivity index (χ1) is 16.3. The largest absolute Gasteiger partial charge is 0.507 e. The molecule has 0 aromatic heterocycles. The molecule has 1 amide bonds. The Morgan fingerprint density at radius 3 is 2.65 bits per heavy atom. The van der Waals surface area contributed by atoms with Crippen LogP contribution in [0.25, 0.3) is 10.4 Å². The molecule has 0 spiro atoms. The highest BCUT2D eigenvalue weighted by Gasteiger charge is 2.15. The highest BCUT2D eigenvalue weighted by Crippen LogP contribution is 2.25. The number of ether oxygens (including phenoxy) is 1. The number of nitro groups is 1. The van der Waals surface area contributed by atoms with Gasteiger partial charge in [0.15, 0.2) is 0 Å². The average Bonchev–Trinajstić information content (AvgIpc) is 2.82. The minimum Gasteiger partial charge on any atom is -0.507 e. The zero-order valence-corrected chi connectivity index (χ0v) is 19.4. The number of esters is 1. The molecule has 0 bridgehead atoms. The van der Waals surface area contributed by atoms with Crippen molar-refractivity contribution < 1.29 is 29.5 Å². The number of phenols is 1. The molecule has 0 saturated heterocycles. The first-order valence-corrected chi connectivity index (χ1v) is 12.3. The second-order valence-corrected chi connectivity index (χ2v) is 9.28. The SMILES string of the molecule is [N-]=[N+]=Nc1ccc(C(=O)NCCSSCCC(=O)OCc2ccc(CO)c([N+](=O)[O-])c2)c(O)c1. The van der Waals surface area contributed by atoms with Gasteiger partial charge < -0.3 is 20.3 Å². The van der Waals surface area contributed by atoms with Crippen molar-refractivity contribution in [3.8, 4) is 5.75 Å². The van der Waals surface area contributed by atoms with Crippen LogP contribution in [0.3, 0.4) is 0 Å². The first kappa shape index (κ1) is 26.8. The highest BCUT2D eigenvalue weighted by atomic mass is 33.1. The lowest BCUT2D eigenvalue weighted by Gasteiger charge is -2.08. The molecule has 0 radical (unpaired) electrons. The van der Waals surface area contributed by atoms with E-state index in [0.29, 0.717) is 23.6 Å². The number of rotatable bonds is 13. The van der Waals surface area contributed by atoms with E-state index in [9.17, 15) is 24.8 Å². The molecule has 2 aromatic rings. The third kappa shape index (κ3) is 8.48. The number of hydrogen-bond donors (Lipinski definition) is 3. The Hall–Kier alpha value is -3.45. The molecule has 0 atom stereocenters. The minimum absolute atomic E-state index is 0.0635. The predicted octanol–water partition coefficient (Wildman–Crippen LogP) is 3.98. The van der Waals surface area contributed by atoms with E-state index in [1.807, 2.05) is 0 Å². The van der Waals surface area contributed by atoms with E-state index in [-0.39, 0.29) is 41.3 Å². The maximum Gasteiger partial charge on any atom is 0.306 e. The summed E-state index contributed by atoms with van der Waals surface area (Å²) in [6, 6.07) is 8.23. The maximum absolute atomic E-state index is 12.1. The lowest BCUT2D eigenvalue weighted by Crippen LogP contribution is -2.25. The highest BCUT2D eigenvalue weighted by molar-refractivity contribution is 8.76. The molecular weight excluding hydrogens is 486 g/mol. The Labute approximate surface area is 201 Å². The van der Waals surface area contributed by atoms with Gasteiger partial charge >= 0.3 is 5.97 Å². The average molecular weight is 508 g/mol. The molecule has 0 saturated carbocycles. The van der Waals surface area contributed by atoms with E-state index >= 15 is 0 Å². The lowest BCUT2D eigenvalue weighted by atomic mass is 10.1. The number of aromatic hydroxyl groups is 1. The van der Waals surface area contributed by atoms with Crippen LogP contribution in [0.2, 0.25) is 0 Å². The van der Waals surface area contributed by atoms with Crippen molar-refractivity contribution in [3.63, 3.8) is 0 Å². The summed E-state index contributed by atoms with van der Waals surface area (Å²) in [5.41, 5.74) is 9.05. The molecule has 0 aliphatic carbocycles. The fourth-order valence-corrected chi connectivity index (χ4v) is 4.49. The van der Waals surface area contributed by atoms with Crippen molar-refractivity contribution >= 4 is 44.8 Å². The predicted molar refractivity (Wildman–Crippen MR) is 128 cm³/mol. The summed E-state index contributed by atoms with van der Waals surface area (Å²) in [6.45, 7) is -0.226. The molecule has 2 aromatic carbocycles. The number of nitrogens with zero attached hydrogens (tertiary/aromatic N) is 4. The number of carbonyl (C=O) groups excluding carboxylic acids is 2.